The van der Waals surface area contributed by atoms with Crippen LogP contribution in [0.2, 0.25) is 5.02 Å². The highest BCUT2D eigenvalue weighted by Crippen LogP contribution is 2.22. The maximum atomic E-state index is 11.7. The zero-order valence-corrected chi connectivity index (χ0v) is 12.7. The summed E-state index contributed by atoms with van der Waals surface area (Å²) in [6.45, 7) is -0.114. The molecule has 0 bridgehead atoms. The van der Waals surface area contributed by atoms with E-state index in [-0.39, 0.29) is 12.5 Å². The molecule has 2 aromatic rings. The van der Waals surface area contributed by atoms with Gasteiger partial charge in [0, 0.05) is 9.77 Å². The van der Waals surface area contributed by atoms with Gasteiger partial charge >= 0.3 is 0 Å². The summed E-state index contributed by atoms with van der Waals surface area (Å²) in [5.41, 5.74) is 0. The van der Waals surface area contributed by atoms with Gasteiger partial charge in [0.15, 0.2) is 6.61 Å². The quantitative estimate of drug-likeness (QED) is 0.817. The number of benzene rings is 1. The van der Waals surface area contributed by atoms with Crippen LogP contribution in [-0.4, -0.2) is 17.5 Å². The molecule has 0 saturated carbocycles. The van der Waals surface area contributed by atoms with E-state index in [0.717, 1.165) is 3.57 Å². The average Bonchev–Trinajstić information content (AvgIpc) is 2.40. The summed E-state index contributed by atoms with van der Waals surface area (Å²) >= 11 is 8.06. The number of amides is 1. The van der Waals surface area contributed by atoms with Crippen LogP contribution in [0, 0.1) is 3.57 Å². The van der Waals surface area contributed by atoms with E-state index >= 15 is 0 Å². The standard InChI is InChI=1S/C13H10ClIN2O2/c14-10-3-1-2-4-11(10)19-8-13(18)17-12-6-5-9(15)7-16-12/h1-7H,8H2,(H,16,17,18). The molecular formula is C13H10ClIN2O2. The third kappa shape index (κ3) is 4.36. The van der Waals surface area contributed by atoms with Crippen molar-refractivity contribution in [3.05, 3.63) is 51.2 Å². The summed E-state index contributed by atoms with van der Waals surface area (Å²) in [6.07, 6.45) is 1.67. The Morgan fingerprint density at radius 2 is 2.11 bits per heavy atom. The fraction of sp³-hybridized carbons (Fsp3) is 0.0769. The van der Waals surface area contributed by atoms with Crippen molar-refractivity contribution >= 4 is 45.9 Å². The second-order valence-electron chi connectivity index (χ2n) is 3.63. The van der Waals surface area contributed by atoms with Crippen LogP contribution in [0.1, 0.15) is 0 Å². The lowest BCUT2D eigenvalue weighted by Gasteiger charge is -2.08. The van der Waals surface area contributed by atoms with E-state index < -0.39 is 0 Å². The van der Waals surface area contributed by atoms with E-state index in [4.69, 9.17) is 16.3 Å². The number of carbonyl (C=O) groups is 1. The van der Waals surface area contributed by atoms with Crippen LogP contribution in [0.3, 0.4) is 0 Å². The Morgan fingerprint density at radius 3 is 2.79 bits per heavy atom. The lowest BCUT2D eigenvalue weighted by atomic mass is 10.3. The minimum absolute atomic E-state index is 0.114. The molecule has 0 saturated heterocycles. The van der Waals surface area contributed by atoms with Crippen molar-refractivity contribution in [1.29, 1.82) is 0 Å². The number of nitrogens with zero attached hydrogens (tertiary/aromatic N) is 1. The monoisotopic (exact) mass is 388 g/mol. The highest BCUT2D eigenvalue weighted by atomic mass is 127. The zero-order valence-electron chi connectivity index (χ0n) is 9.77. The summed E-state index contributed by atoms with van der Waals surface area (Å²) in [5.74, 6) is 0.691. The largest absolute Gasteiger partial charge is 0.482 e. The lowest BCUT2D eigenvalue weighted by molar-refractivity contribution is -0.118. The molecule has 1 heterocycles. The van der Waals surface area contributed by atoms with Crippen molar-refractivity contribution in [3.63, 3.8) is 0 Å². The molecule has 4 nitrogen and oxygen atoms in total. The molecule has 98 valence electrons. The third-order valence-corrected chi connectivity index (χ3v) is 3.14. The van der Waals surface area contributed by atoms with E-state index in [0.29, 0.717) is 16.6 Å². The van der Waals surface area contributed by atoms with Gasteiger partial charge in [-0.15, -0.1) is 0 Å². The molecule has 1 N–H and O–H groups in total. The van der Waals surface area contributed by atoms with Crippen LogP contribution < -0.4 is 10.1 Å². The van der Waals surface area contributed by atoms with Gasteiger partial charge in [0.1, 0.15) is 11.6 Å². The predicted molar refractivity (Wildman–Crippen MR) is 82.5 cm³/mol. The Labute approximate surface area is 129 Å². The van der Waals surface area contributed by atoms with Crippen LogP contribution in [0.15, 0.2) is 42.6 Å². The predicted octanol–water partition coefficient (Wildman–Crippen LogP) is 3.36. The van der Waals surface area contributed by atoms with Crippen molar-refractivity contribution in [3.8, 4) is 5.75 Å². The summed E-state index contributed by atoms with van der Waals surface area (Å²) < 4.78 is 6.32. The molecule has 0 aliphatic heterocycles. The van der Waals surface area contributed by atoms with Gasteiger partial charge in [0.2, 0.25) is 0 Å². The van der Waals surface area contributed by atoms with Crippen LogP contribution in [0.25, 0.3) is 0 Å². The smallest absolute Gasteiger partial charge is 0.263 e. The van der Waals surface area contributed by atoms with E-state index in [9.17, 15) is 4.79 Å². The van der Waals surface area contributed by atoms with Gasteiger partial charge in [-0.25, -0.2) is 4.98 Å². The van der Waals surface area contributed by atoms with Crippen molar-refractivity contribution < 1.29 is 9.53 Å². The number of rotatable bonds is 4. The van der Waals surface area contributed by atoms with Crippen molar-refractivity contribution in [1.82, 2.24) is 4.98 Å². The second-order valence-corrected chi connectivity index (χ2v) is 5.28. The number of para-hydroxylation sites is 1. The topological polar surface area (TPSA) is 51.2 Å². The first kappa shape index (κ1) is 14.1. The van der Waals surface area contributed by atoms with Crippen molar-refractivity contribution in [2.24, 2.45) is 0 Å². The fourth-order valence-electron chi connectivity index (χ4n) is 1.33. The molecular weight excluding hydrogens is 379 g/mol. The van der Waals surface area contributed by atoms with Gasteiger partial charge in [0.25, 0.3) is 5.91 Å². The number of hydrogen-bond acceptors (Lipinski definition) is 3. The van der Waals surface area contributed by atoms with Gasteiger partial charge < -0.3 is 10.1 Å². The summed E-state index contributed by atoms with van der Waals surface area (Å²) in [7, 11) is 0. The van der Waals surface area contributed by atoms with Crippen LogP contribution in [0.5, 0.6) is 5.75 Å². The Bertz CT molecular complexity index is 575. The number of carbonyl (C=O) groups excluding carboxylic acids is 1. The van der Waals surface area contributed by atoms with Crippen LogP contribution >= 0.6 is 34.2 Å². The van der Waals surface area contributed by atoms with E-state index in [1.54, 1.807) is 36.5 Å². The molecule has 0 aliphatic carbocycles. The lowest BCUT2D eigenvalue weighted by Crippen LogP contribution is -2.20. The highest BCUT2D eigenvalue weighted by Gasteiger charge is 2.06. The van der Waals surface area contributed by atoms with Gasteiger partial charge in [-0.3, -0.25) is 4.79 Å². The van der Waals surface area contributed by atoms with E-state index in [2.05, 4.69) is 32.9 Å². The first-order chi connectivity index (χ1) is 9.15. The molecule has 1 amide bonds. The number of pyridine rings is 1. The molecule has 6 heteroatoms. The zero-order chi connectivity index (χ0) is 13.7. The van der Waals surface area contributed by atoms with E-state index in [1.807, 2.05) is 6.07 Å². The van der Waals surface area contributed by atoms with Crippen molar-refractivity contribution in [2.45, 2.75) is 0 Å². The minimum atomic E-state index is -0.284. The Hall–Kier alpha value is -1.34. The molecule has 1 aromatic carbocycles. The maximum Gasteiger partial charge on any atom is 0.263 e. The number of hydrogen-bond donors (Lipinski definition) is 1. The van der Waals surface area contributed by atoms with Gasteiger partial charge in [-0.05, 0) is 46.9 Å². The molecule has 1 aromatic heterocycles. The third-order valence-electron chi connectivity index (χ3n) is 2.19. The number of ether oxygens (including phenoxy) is 1. The second kappa shape index (κ2) is 6.72. The number of halogens is 2. The van der Waals surface area contributed by atoms with Gasteiger partial charge in [-0.2, -0.15) is 0 Å². The number of anilines is 1. The Kier molecular flexibility index (Phi) is 4.98. The molecule has 19 heavy (non-hydrogen) atoms. The summed E-state index contributed by atoms with van der Waals surface area (Å²) in [4.78, 5) is 15.7. The molecule has 0 spiro atoms. The Balaban J connectivity index is 1.88. The van der Waals surface area contributed by atoms with E-state index in [1.165, 1.54) is 0 Å². The van der Waals surface area contributed by atoms with Crippen LogP contribution in [-0.2, 0) is 4.79 Å². The highest BCUT2D eigenvalue weighted by molar-refractivity contribution is 14.1. The minimum Gasteiger partial charge on any atom is -0.482 e. The maximum absolute atomic E-state index is 11.7. The molecule has 0 atom stereocenters. The molecule has 0 radical (unpaired) electrons. The molecule has 0 unspecified atom stereocenters. The normalized spacial score (nSPS) is 10.0. The Morgan fingerprint density at radius 1 is 1.32 bits per heavy atom. The fourth-order valence-corrected chi connectivity index (χ4v) is 1.84. The van der Waals surface area contributed by atoms with Crippen LogP contribution in [0.4, 0.5) is 5.82 Å². The van der Waals surface area contributed by atoms with Crippen molar-refractivity contribution in [2.75, 3.05) is 11.9 Å². The summed E-state index contributed by atoms with van der Waals surface area (Å²) in [6, 6.07) is 10.6. The van der Waals surface area contributed by atoms with Gasteiger partial charge in [0.05, 0.1) is 5.02 Å². The average molecular weight is 389 g/mol. The first-order valence-corrected chi connectivity index (χ1v) is 6.89. The summed E-state index contributed by atoms with van der Waals surface area (Å²) in [5, 5.41) is 3.11. The molecule has 2 rings (SSSR count). The van der Waals surface area contributed by atoms with Gasteiger partial charge in [-0.1, -0.05) is 23.7 Å². The molecule has 0 aliphatic rings. The first-order valence-electron chi connectivity index (χ1n) is 5.44. The SMILES string of the molecule is O=C(COc1ccccc1Cl)Nc1ccc(I)cn1. The molecule has 0 fully saturated rings. The number of nitrogens with one attached hydrogen (secondary N) is 1. The number of aromatic nitrogens is 1.